The van der Waals surface area contributed by atoms with Crippen molar-refractivity contribution in [1.29, 1.82) is 0 Å². The predicted molar refractivity (Wildman–Crippen MR) is 118 cm³/mol. The molecule has 152 valence electrons. The van der Waals surface area contributed by atoms with Crippen LogP contribution in [0.5, 0.6) is 0 Å². The van der Waals surface area contributed by atoms with Gasteiger partial charge in [0.25, 0.3) is 0 Å². The molecule has 0 unspecified atom stereocenters. The fraction of sp³-hybridized carbons (Fsp3) is 0.435. The number of carbonyl (C=O) groups is 1. The van der Waals surface area contributed by atoms with E-state index in [0.717, 1.165) is 47.9 Å². The smallest absolute Gasteiger partial charge is 0.242 e. The Morgan fingerprint density at radius 1 is 1.21 bits per heavy atom. The van der Waals surface area contributed by atoms with Crippen molar-refractivity contribution in [2.24, 2.45) is 0 Å². The summed E-state index contributed by atoms with van der Waals surface area (Å²) in [6, 6.07) is 12.8. The number of fused-ring (bicyclic) bond motifs is 1. The van der Waals surface area contributed by atoms with E-state index in [0.29, 0.717) is 12.6 Å². The summed E-state index contributed by atoms with van der Waals surface area (Å²) in [6.45, 7) is 5.44. The van der Waals surface area contributed by atoms with Gasteiger partial charge in [0.1, 0.15) is 12.1 Å². The van der Waals surface area contributed by atoms with Crippen molar-refractivity contribution in [3.05, 3.63) is 53.7 Å². The van der Waals surface area contributed by atoms with E-state index in [1.54, 1.807) is 18.0 Å². The van der Waals surface area contributed by atoms with Crippen LogP contribution in [0.15, 0.2) is 47.8 Å². The molecule has 3 heterocycles. The van der Waals surface area contributed by atoms with Gasteiger partial charge in [-0.1, -0.05) is 48.5 Å². The number of aryl methyl sites for hydroxylation is 1. The molecule has 1 amide bonds. The normalized spacial score (nSPS) is 17.0. The molecule has 6 heteroatoms. The summed E-state index contributed by atoms with van der Waals surface area (Å²) in [5.41, 5.74) is 4.14. The van der Waals surface area contributed by atoms with Crippen LogP contribution in [-0.2, 0) is 17.1 Å². The minimum absolute atomic E-state index is 0.179. The molecule has 0 spiro atoms. The zero-order chi connectivity index (χ0) is 20.2. The number of hydrogen-bond acceptors (Lipinski definition) is 4. The summed E-state index contributed by atoms with van der Waals surface area (Å²) >= 11 is 1.67. The fourth-order valence-corrected chi connectivity index (χ4v) is 4.96. The van der Waals surface area contributed by atoms with E-state index in [1.165, 1.54) is 17.5 Å². The molecule has 0 aliphatic carbocycles. The molecule has 0 radical (unpaired) electrons. The summed E-state index contributed by atoms with van der Waals surface area (Å²) in [7, 11) is 0. The van der Waals surface area contributed by atoms with Crippen molar-refractivity contribution in [2.45, 2.75) is 63.0 Å². The van der Waals surface area contributed by atoms with Crippen molar-refractivity contribution < 1.29 is 4.79 Å². The molecule has 0 bridgehead atoms. The summed E-state index contributed by atoms with van der Waals surface area (Å²) in [5.74, 6) is 0.998. The van der Waals surface area contributed by atoms with Crippen molar-refractivity contribution in [3.8, 4) is 0 Å². The third-order valence-corrected chi connectivity index (χ3v) is 6.72. The van der Waals surface area contributed by atoms with Gasteiger partial charge in [-0.2, -0.15) is 0 Å². The van der Waals surface area contributed by atoms with Crippen LogP contribution in [0.4, 0.5) is 0 Å². The number of imidazole rings is 1. The third-order valence-electron chi connectivity index (χ3n) is 5.67. The molecule has 1 aromatic carbocycles. The summed E-state index contributed by atoms with van der Waals surface area (Å²) in [6.07, 6.45) is 6.22. The van der Waals surface area contributed by atoms with Crippen molar-refractivity contribution in [3.63, 3.8) is 0 Å². The quantitative estimate of drug-likeness (QED) is 0.549. The third kappa shape index (κ3) is 4.47. The van der Waals surface area contributed by atoms with E-state index in [4.69, 9.17) is 4.98 Å². The molecule has 1 saturated heterocycles. The molecule has 29 heavy (non-hydrogen) atoms. The van der Waals surface area contributed by atoms with Gasteiger partial charge in [0.2, 0.25) is 5.91 Å². The lowest BCUT2D eigenvalue weighted by atomic mass is 10.00. The van der Waals surface area contributed by atoms with Crippen LogP contribution >= 0.6 is 11.8 Å². The maximum Gasteiger partial charge on any atom is 0.242 e. The van der Waals surface area contributed by atoms with Crippen LogP contribution in [-0.4, -0.2) is 37.9 Å². The van der Waals surface area contributed by atoms with Crippen LogP contribution in [0.3, 0.4) is 0 Å². The van der Waals surface area contributed by atoms with E-state index in [1.807, 2.05) is 16.7 Å². The molecular formula is C23H28N4OS. The van der Waals surface area contributed by atoms with E-state index in [2.05, 4.69) is 48.0 Å². The second kappa shape index (κ2) is 8.99. The van der Waals surface area contributed by atoms with Gasteiger partial charge in [0, 0.05) is 24.5 Å². The lowest BCUT2D eigenvalue weighted by Crippen LogP contribution is -2.44. The highest BCUT2D eigenvalue weighted by molar-refractivity contribution is 7.98. The molecule has 3 aromatic rings. The maximum absolute atomic E-state index is 13.2. The molecule has 1 aliphatic heterocycles. The Hall–Kier alpha value is -2.34. The van der Waals surface area contributed by atoms with Gasteiger partial charge in [0.05, 0.1) is 0 Å². The molecule has 5 nitrogen and oxygen atoms in total. The summed E-state index contributed by atoms with van der Waals surface area (Å²) < 4.78 is 2.00. The fourth-order valence-electron chi connectivity index (χ4n) is 4.00. The first-order chi connectivity index (χ1) is 14.2. The number of benzene rings is 1. The van der Waals surface area contributed by atoms with Gasteiger partial charge in [-0.25, -0.2) is 9.97 Å². The number of rotatable bonds is 6. The number of hydrogen-bond donors (Lipinski definition) is 0. The number of pyridine rings is 1. The van der Waals surface area contributed by atoms with E-state index in [9.17, 15) is 4.79 Å². The largest absolute Gasteiger partial charge is 0.338 e. The topological polar surface area (TPSA) is 51.0 Å². The Bertz CT molecular complexity index is 982. The second-order valence-electron chi connectivity index (χ2n) is 7.75. The lowest BCUT2D eigenvalue weighted by molar-refractivity contribution is -0.135. The number of carbonyl (C=O) groups excluding carboxylic acids is 1. The molecule has 4 rings (SSSR count). The minimum atomic E-state index is 0.179. The first kappa shape index (κ1) is 20.0. The van der Waals surface area contributed by atoms with Crippen LogP contribution in [0.2, 0.25) is 0 Å². The molecule has 1 atom stereocenters. The van der Waals surface area contributed by atoms with Crippen molar-refractivity contribution in [2.75, 3.05) is 6.54 Å². The number of likely N-dealkylation sites (tertiary alicyclic amines) is 1. The van der Waals surface area contributed by atoms with Gasteiger partial charge >= 0.3 is 0 Å². The molecule has 1 fully saturated rings. The Kier molecular flexibility index (Phi) is 6.19. The maximum atomic E-state index is 13.2. The van der Waals surface area contributed by atoms with Gasteiger partial charge in [0.15, 0.2) is 10.8 Å². The van der Waals surface area contributed by atoms with E-state index >= 15 is 0 Å². The molecular weight excluding hydrogens is 380 g/mol. The monoisotopic (exact) mass is 408 g/mol. The Morgan fingerprint density at radius 3 is 2.83 bits per heavy atom. The lowest BCUT2D eigenvalue weighted by Gasteiger charge is -2.35. The van der Waals surface area contributed by atoms with Gasteiger partial charge in [-0.3, -0.25) is 9.36 Å². The number of aromatic nitrogens is 3. The zero-order valence-electron chi connectivity index (χ0n) is 17.2. The van der Waals surface area contributed by atoms with E-state index in [-0.39, 0.29) is 5.91 Å². The van der Waals surface area contributed by atoms with Crippen LogP contribution in [0.25, 0.3) is 11.2 Å². The summed E-state index contributed by atoms with van der Waals surface area (Å²) in [5, 5.41) is 0.859. The van der Waals surface area contributed by atoms with Crippen LogP contribution < -0.4 is 0 Å². The van der Waals surface area contributed by atoms with Gasteiger partial charge in [-0.15, -0.1) is 0 Å². The predicted octanol–water partition coefficient (Wildman–Crippen LogP) is 4.82. The van der Waals surface area contributed by atoms with Gasteiger partial charge < -0.3 is 4.90 Å². The molecule has 0 N–H and O–H groups in total. The average molecular weight is 409 g/mol. The molecule has 2 aromatic heterocycles. The number of piperidine rings is 1. The highest BCUT2D eigenvalue weighted by atomic mass is 32.2. The average Bonchev–Trinajstić information content (AvgIpc) is 3.10. The van der Waals surface area contributed by atoms with Crippen LogP contribution in [0.1, 0.15) is 43.7 Å². The Balaban J connectivity index is 1.57. The zero-order valence-corrected chi connectivity index (χ0v) is 18.0. The SMILES string of the molecule is CC[C@H]1CCCCN1C(=O)Cn1c(SCc2ccc(C)cc2)nc2cccnc21. The van der Waals surface area contributed by atoms with Crippen LogP contribution in [0, 0.1) is 6.92 Å². The highest BCUT2D eigenvalue weighted by Crippen LogP contribution is 2.27. The Morgan fingerprint density at radius 2 is 2.03 bits per heavy atom. The molecule has 0 saturated carbocycles. The van der Waals surface area contributed by atoms with E-state index < -0.39 is 0 Å². The Labute approximate surface area is 176 Å². The number of thioether (sulfide) groups is 1. The second-order valence-corrected chi connectivity index (χ2v) is 8.69. The first-order valence-electron chi connectivity index (χ1n) is 10.4. The first-order valence-corrected chi connectivity index (χ1v) is 11.4. The van der Waals surface area contributed by atoms with Crippen molar-refractivity contribution in [1.82, 2.24) is 19.4 Å². The number of nitrogens with zero attached hydrogens (tertiary/aromatic N) is 4. The molecule has 1 aliphatic rings. The number of amides is 1. The highest BCUT2D eigenvalue weighted by Gasteiger charge is 2.26. The van der Waals surface area contributed by atoms with Gasteiger partial charge in [-0.05, 0) is 50.3 Å². The minimum Gasteiger partial charge on any atom is -0.338 e. The standard InChI is InChI=1S/C23H28N4OS/c1-3-19-7-4-5-14-26(19)21(28)15-27-22-20(8-6-13-24-22)25-23(27)29-16-18-11-9-17(2)10-12-18/h6,8-13,19H,3-5,7,14-16H2,1-2H3/t19-/m0/s1. The summed E-state index contributed by atoms with van der Waals surface area (Å²) in [4.78, 5) is 24.6. The van der Waals surface area contributed by atoms with Crippen molar-refractivity contribution >= 4 is 28.8 Å².